The van der Waals surface area contributed by atoms with E-state index in [1.165, 1.54) is 12.1 Å². The van der Waals surface area contributed by atoms with Crippen molar-refractivity contribution in [2.24, 2.45) is 5.92 Å². The van der Waals surface area contributed by atoms with Crippen molar-refractivity contribution in [2.75, 3.05) is 31.6 Å². The molecular weight excluding hydrogens is 319 g/mol. The lowest BCUT2D eigenvalue weighted by Crippen LogP contribution is -2.32. The van der Waals surface area contributed by atoms with Crippen LogP contribution in [0.3, 0.4) is 0 Å². The second kappa shape index (κ2) is 8.01. The fraction of sp³-hybridized carbons (Fsp3) is 0.350. The molecule has 5 heteroatoms. The van der Waals surface area contributed by atoms with Crippen LogP contribution in [-0.4, -0.2) is 32.7 Å². The van der Waals surface area contributed by atoms with Crippen LogP contribution in [0.4, 0.5) is 10.1 Å². The minimum absolute atomic E-state index is 0.0682. The first-order valence-corrected chi connectivity index (χ1v) is 8.55. The van der Waals surface area contributed by atoms with Crippen LogP contribution in [0.2, 0.25) is 0 Å². The van der Waals surface area contributed by atoms with Gasteiger partial charge in [0.05, 0.1) is 19.2 Å². The van der Waals surface area contributed by atoms with E-state index in [2.05, 4.69) is 16.3 Å². The molecule has 2 aromatic carbocycles. The van der Waals surface area contributed by atoms with E-state index in [1.54, 1.807) is 19.2 Å². The number of anilines is 1. The molecule has 2 aromatic rings. The second-order valence-corrected chi connectivity index (χ2v) is 6.38. The third-order valence-corrected chi connectivity index (χ3v) is 4.55. The number of carbonyl (C=O) groups excluding carboxylic acids is 1. The van der Waals surface area contributed by atoms with Crippen molar-refractivity contribution in [2.45, 2.75) is 12.8 Å². The average molecular weight is 342 g/mol. The summed E-state index contributed by atoms with van der Waals surface area (Å²) in [5, 5.41) is 2.97. The van der Waals surface area contributed by atoms with Gasteiger partial charge in [0.15, 0.2) is 0 Å². The monoisotopic (exact) mass is 342 g/mol. The summed E-state index contributed by atoms with van der Waals surface area (Å²) in [4.78, 5) is 14.4. The minimum atomic E-state index is -0.312. The predicted molar refractivity (Wildman–Crippen MR) is 96.4 cm³/mol. The molecule has 1 aliphatic rings. The molecule has 3 rings (SSSR count). The maximum Gasteiger partial charge on any atom is 0.224 e. The van der Waals surface area contributed by atoms with Crippen LogP contribution in [0.25, 0.3) is 0 Å². The topological polar surface area (TPSA) is 41.6 Å². The normalized spacial score (nSPS) is 16.7. The molecule has 0 unspecified atom stereocenters. The number of para-hydroxylation sites is 2. The number of nitrogens with one attached hydrogen (secondary N) is 1. The van der Waals surface area contributed by atoms with Crippen molar-refractivity contribution in [3.05, 3.63) is 59.9 Å². The molecule has 1 fully saturated rings. The van der Waals surface area contributed by atoms with E-state index in [1.807, 2.05) is 18.2 Å². The van der Waals surface area contributed by atoms with Gasteiger partial charge in [-0.15, -0.1) is 0 Å². The van der Waals surface area contributed by atoms with Gasteiger partial charge in [-0.1, -0.05) is 24.3 Å². The zero-order valence-corrected chi connectivity index (χ0v) is 14.4. The van der Waals surface area contributed by atoms with Crippen LogP contribution in [0, 0.1) is 11.7 Å². The minimum Gasteiger partial charge on any atom is -0.495 e. The Bertz CT molecular complexity index is 735. The number of hydrogen-bond acceptors (Lipinski definition) is 3. The van der Waals surface area contributed by atoms with Crippen molar-refractivity contribution in [3.8, 4) is 5.75 Å². The molecule has 0 aromatic heterocycles. The SMILES string of the molecule is COc1ccccc1N1CC[C@H](CNC(=O)Cc2cccc(F)c2)C1. The van der Waals surface area contributed by atoms with Gasteiger partial charge in [0.2, 0.25) is 5.91 Å². The summed E-state index contributed by atoms with van der Waals surface area (Å²) in [5.74, 6) is 0.898. The summed E-state index contributed by atoms with van der Waals surface area (Å²) in [7, 11) is 1.68. The molecule has 1 heterocycles. The summed E-state index contributed by atoms with van der Waals surface area (Å²) in [6.45, 7) is 2.48. The number of benzene rings is 2. The molecule has 0 bridgehead atoms. The molecule has 1 N–H and O–H groups in total. The maximum absolute atomic E-state index is 13.2. The van der Waals surface area contributed by atoms with E-state index in [9.17, 15) is 9.18 Å². The number of amides is 1. The Morgan fingerprint density at radius 1 is 1.28 bits per heavy atom. The number of ether oxygens (including phenoxy) is 1. The third-order valence-electron chi connectivity index (χ3n) is 4.55. The van der Waals surface area contributed by atoms with Crippen LogP contribution in [0.5, 0.6) is 5.75 Å². The summed E-state index contributed by atoms with van der Waals surface area (Å²) < 4.78 is 18.6. The van der Waals surface area contributed by atoms with Gasteiger partial charge in [-0.3, -0.25) is 4.79 Å². The second-order valence-electron chi connectivity index (χ2n) is 6.38. The summed E-state index contributed by atoms with van der Waals surface area (Å²) in [6.07, 6.45) is 1.24. The van der Waals surface area contributed by atoms with Crippen LogP contribution in [0.1, 0.15) is 12.0 Å². The third kappa shape index (κ3) is 4.50. The van der Waals surface area contributed by atoms with E-state index in [-0.39, 0.29) is 18.1 Å². The number of nitrogens with zero attached hydrogens (tertiary/aromatic N) is 1. The zero-order valence-electron chi connectivity index (χ0n) is 14.4. The van der Waals surface area contributed by atoms with Gasteiger partial charge in [-0.2, -0.15) is 0 Å². The quantitative estimate of drug-likeness (QED) is 0.877. The molecule has 25 heavy (non-hydrogen) atoms. The lowest BCUT2D eigenvalue weighted by Gasteiger charge is -2.21. The highest BCUT2D eigenvalue weighted by Crippen LogP contribution is 2.31. The van der Waals surface area contributed by atoms with Gasteiger partial charge < -0.3 is 15.0 Å². The molecule has 1 aliphatic heterocycles. The summed E-state index contributed by atoms with van der Waals surface area (Å²) in [6, 6.07) is 14.2. The average Bonchev–Trinajstić information content (AvgIpc) is 3.09. The van der Waals surface area contributed by atoms with Crippen LogP contribution in [-0.2, 0) is 11.2 Å². The van der Waals surface area contributed by atoms with Gasteiger partial charge in [-0.25, -0.2) is 4.39 Å². The number of methoxy groups -OCH3 is 1. The first kappa shape index (κ1) is 17.3. The van der Waals surface area contributed by atoms with Crippen LogP contribution < -0.4 is 15.0 Å². The van der Waals surface area contributed by atoms with Crippen LogP contribution in [0.15, 0.2) is 48.5 Å². The van der Waals surface area contributed by atoms with E-state index >= 15 is 0 Å². The Morgan fingerprint density at radius 2 is 2.12 bits per heavy atom. The van der Waals surface area contributed by atoms with Crippen molar-refractivity contribution in [1.82, 2.24) is 5.32 Å². The zero-order chi connectivity index (χ0) is 17.6. The number of rotatable bonds is 6. The Balaban J connectivity index is 1.49. The van der Waals surface area contributed by atoms with E-state index in [0.717, 1.165) is 30.9 Å². The molecule has 0 saturated carbocycles. The lowest BCUT2D eigenvalue weighted by atomic mass is 10.1. The Morgan fingerprint density at radius 3 is 2.92 bits per heavy atom. The molecule has 1 atom stereocenters. The maximum atomic E-state index is 13.2. The van der Waals surface area contributed by atoms with E-state index < -0.39 is 0 Å². The Kier molecular flexibility index (Phi) is 5.53. The summed E-state index contributed by atoms with van der Waals surface area (Å²) >= 11 is 0. The number of carbonyl (C=O) groups is 1. The highest BCUT2D eigenvalue weighted by molar-refractivity contribution is 5.78. The molecule has 4 nitrogen and oxygen atoms in total. The fourth-order valence-corrected chi connectivity index (χ4v) is 3.26. The highest BCUT2D eigenvalue weighted by Gasteiger charge is 2.24. The smallest absolute Gasteiger partial charge is 0.224 e. The van der Waals surface area contributed by atoms with Gasteiger partial charge in [0.1, 0.15) is 11.6 Å². The first-order chi connectivity index (χ1) is 12.2. The lowest BCUT2D eigenvalue weighted by molar-refractivity contribution is -0.120. The van der Waals surface area contributed by atoms with Gasteiger partial charge in [-0.05, 0) is 42.2 Å². The largest absolute Gasteiger partial charge is 0.495 e. The highest BCUT2D eigenvalue weighted by atomic mass is 19.1. The van der Waals surface area contributed by atoms with Gasteiger partial charge in [0, 0.05) is 19.6 Å². The molecule has 132 valence electrons. The molecule has 1 amide bonds. The fourth-order valence-electron chi connectivity index (χ4n) is 3.26. The first-order valence-electron chi connectivity index (χ1n) is 8.55. The van der Waals surface area contributed by atoms with Crippen molar-refractivity contribution < 1.29 is 13.9 Å². The van der Waals surface area contributed by atoms with E-state index in [4.69, 9.17) is 4.74 Å². The van der Waals surface area contributed by atoms with Crippen LogP contribution >= 0.6 is 0 Å². The predicted octanol–water partition coefficient (Wildman–Crippen LogP) is 3.02. The number of hydrogen-bond donors (Lipinski definition) is 1. The molecule has 0 aliphatic carbocycles. The van der Waals surface area contributed by atoms with Crippen molar-refractivity contribution in [3.63, 3.8) is 0 Å². The summed E-state index contributed by atoms with van der Waals surface area (Å²) in [5.41, 5.74) is 1.79. The standard InChI is InChI=1S/C20H23FN2O2/c1-25-19-8-3-2-7-18(19)23-10-9-16(14-23)13-22-20(24)12-15-5-4-6-17(21)11-15/h2-8,11,16H,9-10,12-14H2,1H3,(H,22,24)/t16-/m1/s1. The molecule has 1 saturated heterocycles. The van der Waals surface area contributed by atoms with Gasteiger partial charge >= 0.3 is 0 Å². The number of halogens is 1. The van der Waals surface area contributed by atoms with Gasteiger partial charge in [0.25, 0.3) is 0 Å². The Hall–Kier alpha value is -2.56. The van der Waals surface area contributed by atoms with Crippen molar-refractivity contribution in [1.29, 1.82) is 0 Å². The van der Waals surface area contributed by atoms with Crippen molar-refractivity contribution >= 4 is 11.6 Å². The van der Waals surface area contributed by atoms with E-state index in [0.29, 0.717) is 18.0 Å². The Labute approximate surface area is 147 Å². The molecular formula is C20H23FN2O2. The molecule has 0 radical (unpaired) electrons. The molecule has 0 spiro atoms.